The largest absolute Gasteiger partial charge is 0.412 e. The van der Waals surface area contributed by atoms with Gasteiger partial charge in [-0.15, -0.1) is 0 Å². The van der Waals surface area contributed by atoms with Crippen LogP contribution in [0.25, 0.3) is 0 Å². The monoisotopic (exact) mass is 1740 g/mol. The highest BCUT2D eigenvalue weighted by Gasteiger charge is 2.40. The van der Waals surface area contributed by atoms with Crippen LogP contribution in [0.5, 0.6) is 0 Å². The summed E-state index contributed by atoms with van der Waals surface area (Å²) in [5.41, 5.74) is 0. The lowest BCUT2D eigenvalue weighted by molar-refractivity contribution is 0.102. The Labute approximate surface area is 792 Å². The van der Waals surface area contributed by atoms with Crippen LogP contribution in [0.2, 0.25) is 0 Å². The minimum Gasteiger partial charge on any atom is -0.412 e. The van der Waals surface area contributed by atoms with Crippen molar-refractivity contribution in [2.45, 2.75) is 603 Å². The standard InChI is InChI=1S/C24H44.C22H40.C20H38.2C19H36.C17H32.2H2O.12H2/c1-3-5-19-7-11-21(12-8-19)23-15-17-24(18-16-23)22-13-9-20(6-4-2)10-14-22;1-3-4-18-7-11-20(12-8-18)22-15-13-21(14-16-22)19-9-5-17(2)6-10-19;1-3-5-6-8-18-11-15-20(16-12-18)19-13-9-17(7-4-2)10-14-19;1-3-5-6-7-17-10-14-19(15-11-17)18-12-8-16(4-2)9-13-18;1-3-5-7-17-10-14-19(15-11-17)18-12-8-16(6-4-2)9-13-18;1-3-5-15-8-12-17(13-9-15)16-10-6-14(4-2)7-11-16;;;;;;;;;;;;;;/h19-24H,3-18H2,1-2H3;17-22H,3-16H2,1-2H3;17-20H,3-16H2,1-2H3;2*16-19H,3-15H2,1-2H3;14-17H,3-13H2,1-2H3;2*1H2;12*1H. The van der Waals surface area contributed by atoms with Gasteiger partial charge < -0.3 is 11.0 Å². The summed E-state index contributed by atoms with van der Waals surface area (Å²) in [6.07, 6.45) is 124. The minimum atomic E-state index is 0. The molecule has 0 amide bonds. The summed E-state index contributed by atoms with van der Waals surface area (Å²) >= 11 is 0. The topological polar surface area (TPSA) is 63.0 Å². The van der Waals surface area contributed by atoms with Crippen LogP contribution < -0.4 is 0 Å². The maximum absolute atomic E-state index is 2.46. The number of hydrogen-bond acceptors (Lipinski definition) is 0. The first-order valence-corrected chi connectivity index (χ1v) is 59.4. The molecule has 14 saturated carbocycles. The molecular weight excluding hydrogens is 1490 g/mol. The Hall–Kier alpha value is -0.0800. The second-order valence-corrected chi connectivity index (χ2v) is 48.6. The van der Waals surface area contributed by atoms with E-state index in [0.29, 0.717) is 0 Å². The summed E-state index contributed by atoms with van der Waals surface area (Å²) in [6, 6.07) is 0. The minimum absolute atomic E-state index is 0. The highest BCUT2D eigenvalue weighted by Crippen LogP contribution is 2.52. The van der Waals surface area contributed by atoms with Crippen LogP contribution in [0.1, 0.15) is 620 Å². The van der Waals surface area contributed by atoms with Crippen LogP contribution in [-0.4, -0.2) is 11.0 Å². The maximum Gasteiger partial charge on any atom is 0 e. The van der Waals surface area contributed by atoms with Crippen molar-refractivity contribution in [2.75, 3.05) is 0 Å². The Morgan fingerprint density at radius 3 is 0.390 bits per heavy atom. The van der Waals surface area contributed by atoms with Crippen molar-refractivity contribution >= 4 is 0 Å². The van der Waals surface area contributed by atoms with Gasteiger partial charge in [0.2, 0.25) is 0 Å². The molecule has 0 atom stereocenters. The molecule has 4 N–H and O–H groups in total. The summed E-state index contributed by atoms with van der Waals surface area (Å²) in [6.45, 7) is 28.3. The molecule has 0 aromatic carbocycles. The molecule has 123 heavy (non-hydrogen) atoms. The fourth-order valence-corrected chi connectivity index (χ4v) is 31.9. The predicted octanol–water partition coefficient (Wildman–Crippen LogP) is 42.5. The smallest absolute Gasteiger partial charge is 0 e. The average molecular weight is 1740 g/mol. The van der Waals surface area contributed by atoms with E-state index >= 15 is 0 Å². The Balaban J connectivity index is -0.000000363. The van der Waals surface area contributed by atoms with E-state index < -0.39 is 0 Å². The van der Waals surface area contributed by atoms with Crippen molar-refractivity contribution < 1.29 is 28.1 Å². The molecule has 0 radical (unpaired) electrons. The molecular formula is C121H254O2. The Morgan fingerprint density at radius 1 is 0.130 bits per heavy atom. The summed E-state index contributed by atoms with van der Waals surface area (Å²) in [4.78, 5) is 0. The number of rotatable bonds is 33. The first-order valence-electron chi connectivity index (χ1n) is 59.4. The van der Waals surface area contributed by atoms with Crippen molar-refractivity contribution in [3.63, 3.8) is 0 Å². The molecule has 0 aliphatic heterocycles. The molecule has 2 heteroatoms. The highest BCUT2D eigenvalue weighted by atomic mass is 16.0. The predicted molar refractivity (Wildman–Crippen MR) is 572 cm³/mol. The van der Waals surface area contributed by atoms with Gasteiger partial charge in [0.15, 0.2) is 0 Å². The second kappa shape index (κ2) is 65.5. The van der Waals surface area contributed by atoms with E-state index in [1.54, 1.807) is 321 Å². The van der Waals surface area contributed by atoms with Gasteiger partial charge in [-0.25, -0.2) is 0 Å². The lowest BCUT2D eigenvalue weighted by atomic mass is 9.64. The van der Waals surface area contributed by atoms with Crippen molar-refractivity contribution in [3.05, 3.63) is 0 Å². The van der Waals surface area contributed by atoms with Gasteiger partial charge in [0.1, 0.15) is 0 Å². The molecule has 0 aromatic heterocycles. The zero-order valence-corrected chi connectivity index (χ0v) is 86.4. The Kier molecular flexibility index (Phi) is 58.6. The van der Waals surface area contributed by atoms with Crippen LogP contribution >= 0.6 is 0 Å². The van der Waals surface area contributed by atoms with Crippen molar-refractivity contribution in [2.24, 2.45) is 166 Å². The normalized spacial score (nSPS) is 38.2. The summed E-state index contributed by atoms with van der Waals surface area (Å²) < 4.78 is 0. The molecule has 0 bridgehead atoms. The Bertz CT molecular complexity index is 2360. The van der Waals surface area contributed by atoms with E-state index in [9.17, 15) is 0 Å². The zero-order chi connectivity index (χ0) is 85.4. The lowest BCUT2D eigenvalue weighted by Gasteiger charge is -2.41. The summed E-state index contributed by atoms with van der Waals surface area (Å²) in [7, 11) is 0. The van der Waals surface area contributed by atoms with E-state index in [1.807, 2.05) is 0 Å². The van der Waals surface area contributed by atoms with Crippen molar-refractivity contribution in [3.8, 4) is 0 Å². The molecule has 2 nitrogen and oxygen atoms in total. The van der Waals surface area contributed by atoms with E-state index in [1.165, 1.54) is 199 Å². The van der Waals surface area contributed by atoms with Crippen LogP contribution in [0, 0.1) is 166 Å². The van der Waals surface area contributed by atoms with Crippen molar-refractivity contribution in [1.29, 1.82) is 0 Å². The molecule has 750 valence electrons. The van der Waals surface area contributed by atoms with Gasteiger partial charge in [-0.1, -0.05) is 398 Å². The van der Waals surface area contributed by atoms with Gasteiger partial charge in [0, 0.05) is 17.1 Å². The van der Waals surface area contributed by atoms with Crippen molar-refractivity contribution in [1.82, 2.24) is 0 Å². The molecule has 0 unspecified atom stereocenters. The third kappa shape index (κ3) is 40.6. The second-order valence-electron chi connectivity index (χ2n) is 48.6. The van der Waals surface area contributed by atoms with Gasteiger partial charge in [0.05, 0.1) is 0 Å². The lowest BCUT2D eigenvalue weighted by Crippen LogP contribution is -2.29. The van der Waals surface area contributed by atoms with E-state index in [2.05, 4.69) is 83.1 Å². The van der Waals surface area contributed by atoms with Gasteiger partial charge in [-0.2, -0.15) is 0 Å². The first kappa shape index (κ1) is 110. The van der Waals surface area contributed by atoms with Crippen LogP contribution in [-0.2, 0) is 0 Å². The molecule has 14 aliphatic carbocycles. The third-order valence-corrected chi connectivity index (χ3v) is 40.6. The first-order chi connectivity index (χ1) is 59.4. The van der Waals surface area contributed by atoms with Gasteiger partial charge in [-0.05, 0) is 371 Å². The molecule has 0 aromatic rings. The van der Waals surface area contributed by atoms with Crippen LogP contribution in [0.4, 0.5) is 0 Å². The number of unbranched alkanes of at least 4 members (excludes halogenated alkanes) is 5. The fraction of sp³-hybridized carbons (Fsp3) is 1.00. The van der Waals surface area contributed by atoms with E-state index in [0.717, 1.165) is 166 Å². The van der Waals surface area contributed by atoms with E-state index in [4.69, 9.17) is 0 Å². The van der Waals surface area contributed by atoms with Gasteiger partial charge >= 0.3 is 0 Å². The molecule has 14 fully saturated rings. The molecule has 14 aliphatic rings. The third-order valence-electron chi connectivity index (χ3n) is 40.6. The van der Waals surface area contributed by atoms with Gasteiger partial charge in [-0.3, -0.25) is 0 Å². The fourth-order valence-electron chi connectivity index (χ4n) is 31.9. The summed E-state index contributed by atoms with van der Waals surface area (Å²) in [5.74, 6) is 30.7. The molecule has 0 heterocycles. The highest BCUT2D eigenvalue weighted by molar-refractivity contribution is 4.91. The molecule has 0 spiro atoms. The van der Waals surface area contributed by atoms with Crippen LogP contribution in [0.3, 0.4) is 0 Å². The molecule has 0 saturated heterocycles. The SMILES string of the molecule is CCCC1CCC(C2CCC(C3CCC(C)CC3)CC2)CC1.CCCC1CCC(C2CCC(C3CCC(CCC)CC3)CC2)CC1.CCCC1CCC(C2CCC(CC)CC2)CC1.CCCCC1CCC(C2CCC(CCC)CC2)CC1.CCCCCC1CCC(C2CCC(CC)CC2)CC1.CCCCCC1CCC(C2CCC(CCC)CC2)CC1.O.O.[HH].[HH].[HH].[HH].[HH].[HH].[HH].[HH].[HH].[HH].[HH].[HH]. The maximum atomic E-state index is 2.46. The molecule has 14 rings (SSSR count). The van der Waals surface area contributed by atoms with E-state index in [-0.39, 0.29) is 28.1 Å². The Morgan fingerprint density at radius 2 is 0.252 bits per heavy atom. The average Bonchev–Trinajstić information content (AvgIpc) is 0.831. The summed E-state index contributed by atoms with van der Waals surface area (Å²) in [5, 5.41) is 0. The quantitative estimate of drug-likeness (QED) is 0.0588. The van der Waals surface area contributed by atoms with Crippen LogP contribution in [0.15, 0.2) is 0 Å². The zero-order valence-electron chi connectivity index (χ0n) is 86.4. The number of hydrogen-bond donors (Lipinski definition) is 0. The van der Waals surface area contributed by atoms with Gasteiger partial charge in [0.25, 0.3) is 0 Å².